The number of aliphatic hydroxyl groups is 1. The lowest BCUT2D eigenvalue weighted by Crippen LogP contribution is -2.35. The number of rotatable bonds is 3. The van der Waals surface area contributed by atoms with E-state index in [0.717, 1.165) is 37.9 Å². The predicted octanol–water partition coefficient (Wildman–Crippen LogP) is 2.35. The molecule has 21 heavy (non-hydrogen) atoms. The van der Waals surface area contributed by atoms with Crippen molar-refractivity contribution in [2.24, 2.45) is 0 Å². The number of pyridine rings is 1. The molecule has 0 bridgehead atoms. The van der Waals surface area contributed by atoms with E-state index >= 15 is 0 Å². The third kappa shape index (κ3) is 2.98. The quantitative estimate of drug-likeness (QED) is 0.915. The van der Waals surface area contributed by atoms with Crippen LogP contribution < -0.4 is 5.56 Å². The lowest BCUT2D eigenvalue weighted by Gasteiger charge is -2.32. The summed E-state index contributed by atoms with van der Waals surface area (Å²) >= 11 is 6.00. The van der Waals surface area contributed by atoms with Crippen molar-refractivity contribution in [1.29, 1.82) is 0 Å². The van der Waals surface area contributed by atoms with Crippen molar-refractivity contribution >= 4 is 22.4 Å². The number of aliphatic hydroxyl groups excluding tert-OH is 1. The molecule has 2 N–H and O–H groups in total. The second-order valence-corrected chi connectivity index (χ2v) is 6.04. The van der Waals surface area contributed by atoms with Crippen LogP contribution in [0.4, 0.5) is 0 Å². The standard InChI is InChI=1S/C16H19ClN2O2/c17-12-1-2-13-14(9-12)16(21)18-10-15(13)11-3-5-19(6-4-11)7-8-20/h1-2,9-11,20H,3-8H2,(H,18,21). The highest BCUT2D eigenvalue weighted by molar-refractivity contribution is 6.31. The van der Waals surface area contributed by atoms with Gasteiger partial charge in [0.2, 0.25) is 0 Å². The molecule has 0 atom stereocenters. The number of fused-ring (bicyclic) bond motifs is 1. The SMILES string of the molecule is O=c1[nH]cc(C2CCN(CCO)CC2)c2ccc(Cl)cc12. The molecule has 2 heterocycles. The summed E-state index contributed by atoms with van der Waals surface area (Å²) in [7, 11) is 0. The molecule has 4 nitrogen and oxygen atoms in total. The fourth-order valence-corrected chi connectivity index (χ4v) is 3.37. The van der Waals surface area contributed by atoms with Crippen LogP contribution in [0.15, 0.2) is 29.2 Å². The van der Waals surface area contributed by atoms with Crippen LogP contribution in [-0.4, -0.2) is 41.2 Å². The van der Waals surface area contributed by atoms with Gasteiger partial charge in [0, 0.05) is 23.2 Å². The smallest absolute Gasteiger partial charge is 0.255 e. The molecule has 5 heteroatoms. The van der Waals surface area contributed by atoms with Crippen LogP contribution in [0.5, 0.6) is 0 Å². The average Bonchev–Trinajstić information content (AvgIpc) is 2.50. The van der Waals surface area contributed by atoms with Gasteiger partial charge in [0.15, 0.2) is 0 Å². The van der Waals surface area contributed by atoms with E-state index in [1.54, 1.807) is 6.07 Å². The van der Waals surface area contributed by atoms with E-state index in [9.17, 15) is 4.79 Å². The molecule has 0 unspecified atom stereocenters. The van der Waals surface area contributed by atoms with E-state index in [1.807, 2.05) is 18.3 Å². The summed E-state index contributed by atoms with van der Waals surface area (Å²) in [6.45, 7) is 2.93. The fourth-order valence-electron chi connectivity index (χ4n) is 3.20. The number of H-pyrrole nitrogens is 1. The first-order valence-corrected chi connectivity index (χ1v) is 7.71. The van der Waals surface area contributed by atoms with E-state index < -0.39 is 0 Å². The molecule has 0 amide bonds. The maximum Gasteiger partial charge on any atom is 0.255 e. The van der Waals surface area contributed by atoms with Gasteiger partial charge >= 0.3 is 0 Å². The van der Waals surface area contributed by atoms with Crippen molar-refractivity contribution < 1.29 is 5.11 Å². The number of nitrogens with zero attached hydrogens (tertiary/aromatic N) is 1. The molecule has 3 rings (SSSR count). The number of hydrogen-bond acceptors (Lipinski definition) is 3. The van der Waals surface area contributed by atoms with Crippen molar-refractivity contribution in [3.05, 3.63) is 45.3 Å². The molecule has 0 aliphatic carbocycles. The number of aromatic nitrogens is 1. The molecule has 112 valence electrons. The zero-order chi connectivity index (χ0) is 14.8. The number of benzene rings is 1. The van der Waals surface area contributed by atoms with E-state index in [-0.39, 0.29) is 12.2 Å². The van der Waals surface area contributed by atoms with Crippen molar-refractivity contribution in [2.75, 3.05) is 26.2 Å². The van der Waals surface area contributed by atoms with Gasteiger partial charge in [0.05, 0.1) is 6.61 Å². The van der Waals surface area contributed by atoms with Crippen LogP contribution in [0, 0.1) is 0 Å². The van der Waals surface area contributed by atoms with Crippen LogP contribution >= 0.6 is 11.6 Å². The first kappa shape index (κ1) is 14.6. The van der Waals surface area contributed by atoms with Crippen LogP contribution in [0.1, 0.15) is 24.3 Å². The van der Waals surface area contributed by atoms with Crippen LogP contribution in [0.3, 0.4) is 0 Å². The minimum Gasteiger partial charge on any atom is -0.395 e. The Bertz CT molecular complexity index is 690. The monoisotopic (exact) mass is 306 g/mol. The fraction of sp³-hybridized carbons (Fsp3) is 0.438. The summed E-state index contributed by atoms with van der Waals surface area (Å²) in [5.41, 5.74) is 1.11. The Hall–Kier alpha value is -1.36. The topological polar surface area (TPSA) is 56.3 Å². The van der Waals surface area contributed by atoms with Crippen molar-refractivity contribution in [3.8, 4) is 0 Å². The molecule has 1 aliphatic heterocycles. The Morgan fingerprint density at radius 3 is 2.76 bits per heavy atom. The Morgan fingerprint density at radius 1 is 1.29 bits per heavy atom. The Balaban J connectivity index is 1.91. The molecule has 1 aromatic carbocycles. The maximum absolute atomic E-state index is 12.0. The summed E-state index contributed by atoms with van der Waals surface area (Å²) in [6.07, 6.45) is 3.94. The number of nitrogens with one attached hydrogen (secondary N) is 1. The predicted molar refractivity (Wildman–Crippen MR) is 85.1 cm³/mol. The van der Waals surface area contributed by atoms with Crippen LogP contribution in [-0.2, 0) is 0 Å². The van der Waals surface area contributed by atoms with Crippen molar-refractivity contribution in [3.63, 3.8) is 0 Å². The molecule has 1 aromatic heterocycles. The highest BCUT2D eigenvalue weighted by Crippen LogP contribution is 2.32. The van der Waals surface area contributed by atoms with Crippen molar-refractivity contribution in [1.82, 2.24) is 9.88 Å². The summed E-state index contributed by atoms with van der Waals surface area (Å²) < 4.78 is 0. The zero-order valence-electron chi connectivity index (χ0n) is 11.8. The van der Waals surface area contributed by atoms with Gasteiger partial charge in [0.25, 0.3) is 5.56 Å². The number of β-amino-alcohol motifs (C(OH)–C–C–N with tert-alkyl or cyclic N) is 1. The number of aromatic amines is 1. The normalized spacial score (nSPS) is 17.4. The molecule has 0 radical (unpaired) electrons. The summed E-state index contributed by atoms with van der Waals surface area (Å²) in [5, 5.41) is 11.3. The molecule has 1 aliphatic rings. The summed E-state index contributed by atoms with van der Waals surface area (Å²) in [5.74, 6) is 0.445. The van der Waals surface area contributed by atoms with E-state index in [2.05, 4.69) is 9.88 Å². The Morgan fingerprint density at radius 2 is 2.05 bits per heavy atom. The number of hydrogen-bond donors (Lipinski definition) is 2. The second-order valence-electron chi connectivity index (χ2n) is 5.60. The van der Waals surface area contributed by atoms with Gasteiger partial charge in [-0.3, -0.25) is 4.79 Å². The van der Waals surface area contributed by atoms with Gasteiger partial charge in [-0.15, -0.1) is 0 Å². The number of piperidine rings is 1. The van der Waals surface area contributed by atoms with Crippen LogP contribution in [0.25, 0.3) is 10.8 Å². The largest absolute Gasteiger partial charge is 0.395 e. The lowest BCUT2D eigenvalue weighted by atomic mass is 9.87. The molecule has 0 saturated carbocycles. The molecule has 0 spiro atoms. The van der Waals surface area contributed by atoms with Gasteiger partial charge < -0.3 is 15.0 Å². The minimum atomic E-state index is -0.0889. The van der Waals surface area contributed by atoms with Gasteiger partial charge in [0.1, 0.15) is 0 Å². The van der Waals surface area contributed by atoms with E-state index in [1.165, 1.54) is 5.56 Å². The average molecular weight is 307 g/mol. The minimum absolute atomic E-state index is 0.0889. The lowest BCUT2D eigenvalue weighted by molar-refractivity contribution is 0.164. The molecular formula is C16H19ClN2O2. The summed E-state index contributed by atoms with van der Waals surface area (Å²) in [6, 6.07) is 5.52. The Kier molecular flexibility index (Phi) is 4.29. The Labute approximate surface area is 128 Å². The highest BCUT2D eigenvalue weighted by atomic mass is 35.5. The van der Waals surface area contributed by atoms with Crippen LogP contribution in [0.2, 0.25) is 5.02 Å². The molecule has 1 fully saturated rings. The molecule has 2 aromatic rings. The third-order valence-corrected chi connectivity index (χ3v) is 4.57. The third-order valence-electron chi connectivity index (χ3n) is 4.34. The zero-order valence-corrected chi connectivity index (χ0v) is 12.6. The number of likely N-dealkylation sites (tertiary alicyclic amines) is 1. The van der Waals surface area contributed by atoms with Gasteiger partial charge in [-0.25, -0.2) is 0 Å². The van der Waals surface area contributed by atoms with Gasteiger partial charge in [-0.2, -0.15) is 0 Å². The van der Waals surface area contributed by atoms with Gasteiger partial charge in [-0.05, 0) is 54.9 Å². The summed E-state index contributed by atoms with van der Waals surface area (Å²) in [4.78, 5) is 17.1. The first-order valence-electron chi connectivity index (χ1n) is 7.33. The number of halogens is 1. The van der Waals surface area contributed by atoms with E-state index in [0.29, 0.717) is 16.3 Å². The van der Waals surface area contributed by atoms with E-state index in [4.69, 9.17) is 16.7 Å². The first-order chi connectivity index (χ1) is 10.2. The van der Waals surface area contributed by atoms with Gasteiger partial charge in [-0.1, -0.05) is 17.7 Å². The maximum atomic E-state index is 12.0. The second kappa shape index (κ2) is 6.18. The van der Waals surface area contributed by atoms with Crippen molar-refractivity contribution in [2.45, 2.75) is 18.8 Å². The molecule has 1 saturated heterocycles. The molecular weight excluding hydrogens is 288 g/mol. The highest BCUT2D eigenvalue weighted by Gasteiger charge is 2.22.